The molecule has 0 fully saturated rings. The van der Waals surface area contributed by atoms with E-state index in [1.807, 2.05) is 0 Å². The lowest BCUT2D eigenvalue weighted by Gasteiger charge is -2.08. The number of pyridine rings is 1. The highest BCUT2D eigenvalue weighted by molar-refractivity contribution is 7.99. The van der Waals surface area contributed by atoms with Crippen molar-refractivity contribution in [3.05, 3.63) is 53.7 Å². The van der Waals surface area contributed by atoms with Gasteiger partial charge in [-0.25, -0.2) is 4.98 Å². The highest BCUT2D eigenvalue weighted by atomic mass is 32.2. The maximum Gasteiger partial charge on any atom is 0.417 e. The first-order chi connectivity index (χ1) is 12.2. The molecule has 0 saturated carbocycles. The van der Waals surface area contributed by atoms with Crippen LogP contribution in [0.2, 0.25) is 0 Å². The van der Waals surface area contributed by atoms with Crippen LogP contribution >= 0.6 is 11.8 Å². The number of nitrogens with zero attached hydrogens (tertiary/aromatic N) is 1. The molecule has 0 aliphatic carbocycles. The largest absolute Gasteiger partial charge is 0.417 e. The van der Waals surface area contributed by atoms with E-state index in [1.165, 1.54) is 13.0 Å². The van der Waals surface area contributed by atoms with E-state index in [-0.39, 0.29) is 24.1 Å². The average Bonchev–Trinajstić information content (AvgIpc) is 2.57. The Morgan fingerprint density at radius 2 is 1.96 bits per heavy atom. The maximum atomic E-state index is 12.5. The van der Waals surface area contributed by atoms with Gasteiger partial charge in [-0.05, 0) is 29.8 Å². The number of anilines is 1. The van der Waals surface area contributed by atoms with Crippen molar-refractivity contribution in [2.45, 2.75) is 24.7 Å². The molecule has 2 aromatic rings. The van der Waals surface area contributed by atoms with Gasteiger partial charge in [0.1, 0.15) is 0 Å². The van der Waals surface area contributed by atoms with E-state index in [0.29, 0.717) is 10.7 Å². The maximum absolute atomic E-state index is 12.5. The fraction of sp³-hybridized carbons (Fsp3) is 0.235. The van der Waals surface area contributed by atoms with Crippen LogP contribution in [0.4, 0.5) is 18.9 Å². The van der Waals surface area contributed by atoms with Crippen LogP contribution < -0.4 is 10.6 Å². The Morgan fingerprint density at radius 1 is 1.19 bits per heavy atom. The van der Waals surface area contributed by atoms with Gasteiger partial charge in [0.05, 0.1) is 16.3 Å². The van der Waals surface area contributed by atoms with Gasteiger partial charge < -0.3 is 10.6 Å². The van der Waals surface area contributed by atoms with E-state index in [0.717, 1.165) is 29.6 Å². The first-order valence-corrected chi connectivity index (χ1v) is 8.52. The standard InChI is InChI=1S/C17H16F3N3O2S/c1-11(24)23-14-4-2-3-12(7-14)8-21-15(25)10-26-16-6-5-13(9-22-16)17(18,19)20/h2-7,9H,8,10H2,1H3,(H,21,25)(H,23,24). The Bertz CT molecular complexity index is 780. The summed E-state index contributed by atoms with van der Waals surface area (Å²) in [4.78, 5) is 26.6. The number of hydrogen-bond acceptors (Lipinski definition) is 4. The van der Waals surface area contributed by atoms with E-state index in [1.54, 1.807) is 24.3 Å². The third-order valence-corrected chi connectivity index (χ3v) is 4.10. The van der Waals surface area contributed by atoms with Gasteiger partial charge in [-0.2, -0.15) is 13.2 Å². The molecule has 0 aliphatic rings. The Labute approximate surface area is 152 Å². The van der Waals surface area contributed by atoms with Gasteiger partial charge in [0.2, 0.25) is 11.8 Å². The molecule has 2 amide bonds. The van der Waals surface area contributed by atoms with Crippen LogP contribution in [0.5, 0.6) is 0 Å². The molecule has 26 heavy (non-hydrogen) atoms. The van der Waals surface area contributed by atoms with Crippen LogP contribution in [0.1, 0.15) is 18.1 Å². The Hall–Kier alpha value is -2.55. The summed E-state index contributed by atoms with van der Waals surface area (Å²) in [5.74, 6) is -0.433. The van der Waals surface area contributed by atoms with Crippen LogP contribution in [-0.2, 0) is 22.3 Å². The Kier molecular flexibility index (Phi) is 6.62. The molecule has 0 spiro atoms. The number of nitrogens with one attached hydrogen (secondary N) is 2. The number of thioether (sulfide) groups is 1. The third kappa shape index (κ3) is 6.40. The number of hydrogen-bond donors (Lipinski definition) is 2. The van der Waals surface area contributed by atoms with Gasteiger partial charge >= 0.3 is 6.18 Å². The minimum atomic E-state index is -4.43. The van der Waals surface area contributed by atoms with E-state index in [2.05, 4.69) is 15.6 Å². The molecule has 9 heteroatoms. The number of alkyl halides is 3. The van der Waals surface area contributed by atoms with Gasteiger partial charge in [-0.3, -0.25) is 9.59 Å². The second-order valence-electron chi connectivity index (χ2n) is 5.33. The van der Waals surface area contributed by atoms with Crippen molar-refractivity contribution in [3.8, 4) is 0 Å². The number of benzene rings is 1. The number of rotatable bonds is 6. The van der Waals surface area contributed by atoms with Gasteiger partial charge in [0, 0.05) is 25.4 Å². The van der Waals surface area contributed by atoms with Crippen LogP contribution in [-0.4, -0.2) is 22.6 Å². The normalized spacial score (nSPS) is 11.1. The molecule has 1 aromatic carbocycles. The van der Waals surface area contributed by atoms with E-state index in [9.17, 15) is 22.8 Å². The summed E-state index contributed by atoms with van der Waals surface area (Å²) in [5, 5.41) is 5.69. The number of halogens is 3. The Balaban J connectivity index is 1.81. The predicted octanol–water partition coefficient (Wildman–Crippen LogP) is 3.47. The topological polar surface area (TPSA) is 71.1 Å². The molecule has 0 saturated heterocycles. The molecule has 2 rings (SSSR count). The molecule has 1 heterocycles. The van der Waals surface area contributed by atoms with Gasteiger partial charge in [-0.15, -0.1) is 0 Å². The summed E-state index contributed by atoms with van der Waals surface area (Å²) in [7, 11) is 0. The number of aromatic nitrogens is 1. The van der Waals surface area contributed by atoms with E-state index >= 15 is 0 Å². The average molecular weight is 383 g/mol. The first kappa shape index (κ1) is 19.8. The van der Waals surface area contributed by atoms with Crippen LogP contribution in [0.3, 0.4) is 0 Å². The summed E-state index contributed by atoms with van der Waals surface area (Å²) in [5.41, 5.74) is 0.611. The Morgan fingerprint density at radius 3 is 2.58 bits per heavy atom. The minimum Gasteiger partial charge on any atom is -0.351 e. The lowest BCUT2D eigenvalue weighted by molar-refractivity contribution is -0.137. The number of amides is 2. The number of carbonyl (C=O) groups excluding carboxylic acids is 2. The number of carbonyl (C=O) groups is 2. The quantitative estimate of drug-likeness (QED) is 0.750. The molecule has 138 valence electrons. The zero-order valence-corrected chi connectivity index (χ0v) is 14.6. The third-order valence-electron chi connectivity index (χ3n) is 3.15. The van der Waals surface area contributed by atoms with Gasteiger partial charge in [0.25, 0.3) is 0 Å². The second kappa shape index (κ2) is 8.70. The minimum absolute atomic E-state index is 0.0315. The van der Waals surface area contributed by atoms with Crippen molar-refractivity contribution < 1.29 is 22.8 Å². The fourth-order valence-electron chi connectivity index (χ4n) is 1.99. The molecule has 2 N–H and O–H groups in total. The summed E-state index contributed by atoms with van der Waals surface area (Å²) >= 11 is 1.05. The monoisotopic (exact) mass is 383 g/mol. The lowest BCUT2D eigenvalue weighted by Crippen LogP contribution is -2.24. The van der Waals surface area contributed by atoms with Crippen molar-refractivity contribution in [1.82, 2.24) is 10.3 Å². The molecule has 0 atom stereocenters. The van der Waals surface area contributed by atoms with E-state index < -0.39 is 11.7 Å². The summed E-state index contributed by atoms with van der Waals surface area (Å²) in [6, 6.07) is 9.20. The molecular formula is C17H16F3N3O2S. The first-order valence-electron chi connectivity index (χ1n) is 7.53. The lowest BCUT2D eigenvalue weighted by atomic mass is 10.2. The smallest absolute Gasteiger partial charge is 0.351 e. The van der Waals surface area contributed by atoms with Crippen LogP contribution in [0.15, 0.2) is 47.6 Å². The van der Waals surface area contributed by atoms with Gasteiger partial charge in [0.15, 0.2) is 0 Å². The molecule has 0 radical (unpaired) electrons. The summed E-state index contributed by atoms with van der Waals surface area (Å²) in [6.45, 7) is 1.67. The van der Waals surface area contributed by atoms with Crippen LogP contribution in [0.25, 0.3) is 0 Å². The van der Waals surface area contributed by atoms with Crippen LogP contribution in [0, 0.1) is 0 Å². The summed E-state index contributed by atoms with van der Waals surface area (Å²) < 4.78 is 37.4. The second-order valence-corrected chi connectivity index (χ2v) is 6.33. The zero-order chi connectivity index (χ0) is 19.2. The fourth-order valence-corrected chi connectivity index (χ4v) is 2.66. The van der Waals surface area contributed by atoms with Crippen molar-refractivity contribution in [2.24, 2.45) is 0 Å². The van der Waals surface area contributed by atoms with Crippen molar-refractivity contribution in [3.63, 3.8) is 0 Å². The molecule has 0 bridgehead atoms. The van der Waals surface area contributed by atoms with Crippen molar-refractivity contribution in [1.29, 1.82) is 0 Å². The van der Waals surface area contributed by atoms with Gasteiger partial charge in [-0.1, -0.05) is 23.9 Å². The highest BCUT2D eigenvalue weighted by Gasteiger charge is 2.30. The molecule has 0 aliphatic heterocycles. The molecular weight excluding hydrogens is 367 g/mol. The SMILES string of the molecule is CC(=O)Nc1cccc(CNC(=O)CSc2ccc(C(F)(F)F)cn2)c1. The summed E-state index contributed by atoms with van der Waals surface area (Å²) in [6.07, 6.45) is -3.69. The highest BCUT2D eigenvalue weighted by Crippen LogP contribution is 2.29. The van der Waals surface area contributed by atoms with Crippen molar-refractivity contribution in [2.75, 3.05) is 11.1 Å². The molecule has 5 nitrogen and oxygen atoms in total. The van der Waals surface area contributed by atoms with E-state index in [4.69, 9.17) is 0 Å². The zero-order valence-electron chi connectivity index (χ0n) is 13.8. The predicted molar refractivity (Wildman–Crippen MR) is 92.6 cm³/mol. The molecule has 1 aromatic heterocycles. The molecule has 0 unspecified atom stereocenters. The van der Waals surface area contributed by atoms with Crippen molar-refractivity contribution >= 4 is 29.3 Å².